The van der Waals surface area contributed by atoms with E-state index < -0.39 is 10.2 Å². The van der Waals surface area contributed by atoms with Crippen LogP contribution in [0.4, 0.5) is 0 Å². The Bertz CT molecular complexity index is 613. The lowest BCUT2D eigenvalue weighted by atomic mass is 9.94. The topological polar surface area (TPSA) is 53.8 Å². The van der Waals surface area contributed by atoms with Gasteiger partial charge in [-0.25, -0.2) is 0 Å². The minimum atomic E-state index is -3.38. The second kappa shape index (κ2) is 5.65. The van der Waals surface area contributed by atoms with Crippen LogP contribution in [0.2, 0.25) is 0 Å². The molecule has 3 atom stereocenters. The number of hydrogen-bond donors (Lipinski definition) is 0. The molecule has 1 saturated carbocycles. The fraction of sp³-hybridized carbons (Fsp3) is 0.750. The summed E-state index contributed by atoms with van der Waals surface area (Å²) < 4.78 is 35.5. The Balaban J connectivity index is 1.62. The summed E-state index contributed by atoms with van der Waals surface area (Å²) in [6.45, 7) is 1.30. The van der Waals surface area contributed by atoms with Crippen LogP contribution >= 0.6 is 0 Å². The molecule has 1 aliphatic carbocycles. The summed E-state index contributed by atoms with van der Waals surface area (Å²) >= 11 is 0. The lowest BCUT2D eigenvalue weighted by Crippen LogP contribution is -2.51. The molecule has 1 aromatic heterocycles. The molecule has 0 radical (unpaired) electrons. The third-order valence-corrected chi connectivity index (χ3v) is 7.69. The van der Waals surface area contributed by atoms with Gasteiger partial charge in [-0.15, -0.1) is 0 Å². The molecule has 3 heterocycles. The quantitative estimate of drug-likeness (QED) is 0.859. The molecule has 2 aliphatic heterocycles. The molecule has 3 unspecified atom stereocenters. The van der Waals surface area contributed by atoms with E-state index >= 15 is 0 Å². The zero-order valence-corrected chi connectivity index (χ0v) is 13.7. The normalized spacial score (nSPS) is 34.1. The zero-order chi connectivity index (χ0) is 15.2. The van der Waals surface area contributed by atoms with E-state index in [2.05, 4.69) is 0 Å². The number of nitrogens with zero attached hydrogens (tertiary/aromatic N) is 2. The zero-order valence-electron chi connectivity index (χ0n) is 12.9. The molecule has 0 spiro atoms. The Morgan fingerprint density at radius 3 is 2.59 bits per heavy atom. The van der Waals surface area contributed by atoms with Gasteiger partial charge in [0.05, 0.1) is 12.3 Å². The Kier molecular flexibility index (Phi) is 3.78. The van der Waals surface area contributed by atoms with Crippen LogP contribution in [-0.2, 0) is 10.2 Å². The second-order valence-corrected chi connectivity index (χ2v) is 8.64. The summed E-state index contributed by atoms with van der Waals surface area (Å²) in [5.74, 6) is 1.36. The van der Waals surface area contributed by atoms with Crippen molar-refractivity contribution in [2.45, 2.75) is 57.0 Å². The van der Waals surface area contributed by atoms with Crippen LogP contribution in [0.15, 0.2) is 22.8 Å². The van der Waals surface area contributed by atoms with E-state index in [1.807, 2.05) is 16.4 Å². The molecule has 3 fully saturated rings. The first-order chi connectivity index (χ1) is 10.7. The van der Waals surface area contributed by atoms with Crippen LogP contribution in [-0.4, -0.2) is 36.2 Å². The van der Waals surface area contributed by atoms with E-state index in [1.165, 1.54) is 19.3 Å². The van der Waals surface area contributed by atoms with E-state index in [9.17, 15) is 8.42 Å². The number of piperidine rings is 1. The van der Waals surface area contributed by atoms with Crippen molar-refractivity contribution in [3.8, 4) is 0 Å². The van der Waals surface area contributed by atoms with Gasteiger partial charge in [0, 0.05) is 19.1 Å². The van der Waals surface area contributed by atoms with Crippen molar-refractivity contribution in [2.75, 3.05) is 13.1 Å². The van der Waals surface area contributed by atoms with Crippen molar-refractivity contribution in [1.29, 1.82) is 0 Å². The molecule has 6 heteroatoms. The van der Waals surface area contributed by atoms with Crippen LogP contribution in [0.25, 0.3) is 0 Å². The maximum atomic E-state index is 13.2. The van der Waals surface area contributed by atoms with Crippen molar-refractivity contribution >= 4 is 10.2 Å². The molecule has 3 aliphatic rings. The number of fused-ring (bicyclic) bond motifs is 1. The van der Waals surface area contributed by atoms with Gasteiger partial charge in [0.25, 0.3) is 10.2 Å². The molecule has 0 bridgehead atoms. The Labute approximate surface area is 132 Å². The third kappa shape index (κ3) is 2.32. The highest BCUT2D eigenvalue weighted by Crippen LogP contribution is 2.42. The van der Waals surface area contributed by atoms with Gasteiger partial charge < -0.3 is 4.42 Å². The highest BCUT2D eigenvalue weighted by Gasteiger charge is 2.46. The first-order valence-electron chi connectivity index (χ1n) is 8.50. The fourth-order valence-corrected chi connectivity index (χ4v) is 6.75. The van der Waals surface area contributed by atoms with E-state index in [4.69, 9.17) is 4.42 Å². The van der Waals surface area contributed by atoms with Crippen LogP contribution in [0, 0.1) is 5.92 Å². The molecular weight excluding hydrogens is 300 g/mol. The summed E-state index contributed by atoms with van der Waals surface area (Å²) in [7, 11) is -3.38. The van der Waals surface area contributed by atoms with Crippen molar-refractivity contribution in [1.82, 2.24) is 8.61 Å². The summed E-state index contributed by atoms with van der Waals surface area (Å²) in [6.07, 6.45) is 8.98. The highest BCUT2D eigenvalue weighted by atomic mass is 32.2. The van der Waals surface area contributed by atoms with E-state index in [-0.39, 0.29) is 12.1 Å². The number of rotatable bonds is 3. The first kappa shape index (κ1) is 14.7. The number of hydrogen-bond acceptors (Lipinski definition) is 3. The van der Waals surface area contributed by atoms with Gasteiger partial charge in [-0.2, -0.15) is 17.0 Å². The summed E-state index contributed by atoms with van der Waals surface area (Å²) in [6, 6.07) is 3.85. The summed E-state index contributed by atoms with van der Waals surface area (Å²) in [5.41, 5.74) is 0. The van der Waals surface area contributed by atoms with Crippen molar-refractivity contribution in [3.63, 3.8) is 0 Å². The molecule has 0 N–H and O–H groups in total. The van der Waals surface area contributed by atoms with Crippen LogP contribution in [0.5, 0.6) is 0 Å². The lowest BCUT2D eigenvalue weighted by molar-refractivity contribution is 0.184. The van der Waals surface area contributed by atoms with Gasteiger partial charge in [0.15, 0.2) is 0 Å². The highest BCUT2D eigenvalue weighted by molar-refractivity contribution is 7.86. The predicted molar refractivity (Wildman–Crippen MR) is 83.4 cm³/mol. The van der Waals surface area contributed by atoms with Crippen LogP contribution in [0.1, 0.15) is 56.7 Å². The third-order valence-electron chi connectivity index (χ3n) is 5.61. The van der Waals surface area contributed by atoms with Gasteiger partial charge >= 0.3 is 0 Å². The standard InChI is InChI=1S/C16H24N2O3S/c19-22(20,17-10-2-6-13-5-1-7-14(13)17)18-11-3-8-15(18)16-9-4-12-21-16/h4,9,12-15H,1-3,5-8,10-11H2. The predicted octanol–water partition coefficient (Wildman–Crippen LogP) is 2.93. The molecular formula is C16H24N2O3S. The molecule has 0 amide bonds. The van der Waals surface area contributed by atoms with Crippen molar-refractivity contribution in [2.24, 2.45) is 5.92 Å². The average molecular weight is 324 g/mol. The van der Waals surface area contributed by atoms with E-state index in [0.717, 1.165) is 31.4 Å². The Morgan fingerprint density at radius 1 is 1.00 bits per heavy atom. The minimum Gasteiger partial charge on any atom is -0.468 e. The summed E-state index contributed by atoms with van der Waals surface area (Å²) in [4.78, 5) is 0. The molecule has 1 aromatic rings. The largest absolute Gasteiger partial charge is 0.468 e. The lowest BCUT2D eigenvalue weighted by Gasteiger charge is -2.39. The van der Waals surface area contributed by atoms with Crippen LogP contribution in [0.3, 0.4) is 0 Å². The molecule has 4 rings (SSSR count). The van der Waals surface area contributed by atoms with Crippen LogP contribution < -0.4 is 0 Å². The second-order valence-electron chi connectivity index (χ2n) is 6.80. The smallest absolute Gasteiger partial charge is 0.282 e. The number of furan rings is 1. The van der Waals surface area contributed by atoms with Gasteiger partial charge in [-0.05, 0) is 56.6 Å². The molecule has 122 valence electrons. The molecule has 0 aromatic carbocycles. The van der Waals surface area contributed by atoms with Gasteiger partial charge in [0.2, 0.25) is 0 Å². The minimum absolute atomic E-state index is 0.123. The van der Waals surface area contributed by atoms with Gasteiger partial charge in [-0.3, -0.25) is 0 Å². The van der Waals surface area contributed by atoms with Gasteiger partial charge in [0.1, 0.15) is 5.76 Å². The Hall–Kier alpha value is -0.850. The fourth-order valence-electron chi connectivity index (χ4n) is 4.61. The molecule has 2 saturated heterocycles. The van der Waals surface area contributed by atoms with Crippen molar-refractivity contribution in [3.05, 3.63) is 24.2 Å². The van der Waals surface area contributed by atoms with E-state index in [0.29, 0.717) is 19.0 Å². The maximum Gasteiger partial charge on any atom is 0.282 e. The maximum absolute atomic E-state index is 13.2. The molecule has 22 heavy (non-hydrogen) atoms. The SMILES string of the molecule is O=S(=O)(N1CCCC1c1ccco1)N1CCCC2CCCC21. The first-order valence-corrected chi connectivity index (χ1v) is 9.89. The summed E-state index contributed by atoms with van der Waals surface area (Å²) in [5, 5.41) is 0. The molecule has 5 nitrogen and oxygen atoms in total. The van der Waals surface area contributed by atoms with E-state index in [1.54, 1.807) is 10.6 Å². The van der Waals surface area contributed by atoms with Gasteiger partial charge in [-0.1, -0.05) is 6.42 Å². The Morgan fingerprint density at radius 2 is 1.77 bits per heavy atom. The monoisotopic (exact) mass is 324 g/mol. The van der Waals surface area contributed by atoms with Crippen molar-refractivity contribution < 1.29 is 12.8 Å². The average Bonchev–Trinajstić information content (AvgIpc) is 3.25.